The molecule has 0 aliphatic heterocycles. The van der Waals surface area contributed by atoms with Crippen LogP contribution in [0.15, 0.2) is 12.1 Å². The van der Waals surface area contributed by atoms with Gasteiger partial charge in [-0.2, -0.15) is 0 Å². The normalized spacial score (nSPS) is 11.4. The van der Waals surface area contributed by atoms with Crippen molar-refractivity contribution in [1.29, 1.82) is 0 Å². The van der Waals surface area contributed by atoms with Crippen molar-refractivity contribution in [3.8, 4) is 17.2 Å². The summed E-state index contributed by atoms with van der Waals surface area (Å²) in [5.41, 5.74) is 0. The minimum absolute atomic E-state index is 0.439. The molecule has 22 heavy (non-hydrogen) atoms. The van der Waals surface area contributed by atoms with Gasteiger partial charge in [-0.1, -0.05) is 47.6 Å². The van der Waals surface area contributed by atoms with Gasteiger partial charge in [-0.05, 0) is 29.0 Å². The van der Waals surface area contributed by atoms with Crippen LogP contribution < -0.4 is 19.4 Å². The molecule has 0 unspecified atom stereocenters. The Morgan fingerprint density at radius 3 is 1.68 bits per heavy atom. The summed E-state index contributed by atoms with van der Waals surface area (Å²) in [4.78, 5) is 0. The van der Waals surface area contributed by atoms with Crippen LogP contribution in [-0.2, 0) is 0 Å². The molecule has 1 aromatic rings. The summed E-state index contributed by atoms with van der Waals surface area (Å²) in [5.74, 6) is 3.52. The molecule has 3 nitrogen and oxygen atoms in total. The van der Waals surface area contributed by atoms with E-state index in [0.717, 1.165) is 16.7 Å². The third kappa shape index (κ3) is 6.30. The second-order valence-corrected chi connectivity index (χ2v) is 7.42. The van der Waals surface area contributed by atoms with Crippen LogP contribution >= 0.6 is 0 Å². The molecule has 0 atom stereocenters. The summed E-state index contributed by atoms with van der Waals surface area (Å²) in [6, 6.07) is 3.88. The SMILES string of the molecule is CC(C)COc1ccc([Si])c(OCC(C)C)c1OCC(C)C. The molecule has 123 valence electrons. The fourth-order valence-electron chi connectivity index (χ4n) is 1.69. The predicted molar refractivity (Wildman–Crippen MR) is 92.8 cm³/mol. The van der Waals surface area contributed by atoms with E-state index in [2.05, 4.69) is 51.8 Å². The lowest BCUT2D eigenvalue weighted by Crippen LogP contribution is -2.17. The summed E-state index contributed by atoms with van der Waals surface area (Å²) >= 11 is 0. The first-order valence-electron chi connectivity index (χ1n) is 8.08. The number of hydrogen-bond acceptors (Lipinski definition) is 3. The minimum atomic E-state index is 0.439. The molecule has 1 aromatic carbocycles. The Kier molecular flexibility index (Phi) is 7.80. The van der Waals surface area contributed by atoms with E-state index in [9.17, 15) is 0 Å². The van der Waals surface area contributed by atoms with Crippen LogP contribution in [0.4, 0.5) is 0 Å². The van der Waals surface area contributed by atoms with Gasteiger partial charge in [0, 0.05) is 0 Å². The quantitative estimate of drug-likeness (QED) is 0.651. The van der Waals surface area contributed by atoms with Crippen LogP contribution in [0.3, 0.4) is 0 Å². The molecule has 0 aromatic heterocycles. The molecular weight excluding hydrogens is 292 g/mol. The maximum Gasteiger partial charge on any atom is 0.203 e. The summed E-state index contributed by atoms with van der Waals surface area (Å²) < 4.78 is 17.9. The number of rotatable bonds is 9. The van der Waals surface area contributed by atoms with Crippen molar-refractivity contribution in [1.82, 2.24) is 0 Å². The molecule has 0 spiro atoms. The van der Waals surface area contributed by atoms with Crippen LogP contribution in [0.25, 0.3) is 0 Å². The second-order valence-electron chi connectivity index (χ2n) is 6.88. The smallest absolute Gasteiger partial charge is 0.203 e. The Morgan fingerprint density at radius 1 is 0.727 bits per heavy atom. The Hall–Kier alpha value is -1.16. The van der Waals surface area contributed by atoms with Gasteiger partial charge in [0.15, 0.2) is 11.5 Å². The lowest BCUT2D eigenvalue weighted by Gasteiger charge is -2.20. The van der Waals surface area contributed by atoms with Crippen LogP contribution in [-0.4, -0.2) is 30.1 Å². The average molecular weight is 322 g/mol. The maximum atomic E-state index is 5.99. The van der Waals surface area contributed by atoms with Crippen molar-refractivity contribution >= 4 is 15.4 Å². The van der Waals surface area contributed by atoms with Crippen molar-refractivity contribution in [2.75, 3.05) is 19.8 Å². The molecule has 0 heterocycles. The zero-order valence-electron chi connectivity index (χ0n) is 14.7. The standard InChI is InChI=1S/C18H29O3Si/c1-12(2)9-19-15-7-8-16(22)18(21-11-14(5)6)17(15)20-10-13(3)4/h7-8,12-14H,9-11H2,1-6H3. The van der Waals surface area contributed by atoms with Gasteiger partial charge < -0.3 is 14.2 Å². The molecule has 0 N–H and O–H groups in total. The zero-order valence-corrected chi connectivity index (χ0v) is 15.7. The average Bonchev–Trinajstić information content (AvgIpc) is 2.42. The van der Waals surface area contributed by atoms with Gasteiger partial charge in [0.05, 0.1) is 30.1 Å². The third-order valence-corrected chi connectivity index (χ3v) is 3.16. The molecule has 0 saturated carbocycles. The molecular formula is C18H29O3Si. The van der Waals surface area contributed by atoms with E-state index in [-0.39, 0.29) is 0 Å². The minimum Gasteiger partial charge on any atom is -0.489 e. The van der Waals surface area contributed by atoms with Crippen molar-refractivity contribution < 1.29 is 14.2 Å². The van der Waals surface area contributed by atoms with Crippen LogP contribution in [0.2, 0.25) is 0 Å². The second kappa shape index (κ2) is 9.08. The molecule has 0 aliphatic carbocycles. The van der Waals surface area contributed by atoms with E-state index < -0.39 is 0 Å². The Labute approximate surface area is 138 Å². The fraction of sp³-hybridized carbons (Fsp3) is 0.667. The van der Waals surface area contributed by atoms with Gasteiger partial charge in [-0.3, -0.25) is 0 Å². The highest BCUT2D eigenvalue weighted by molar-refractivity contribution is 6.34. The molecule has 0 amide bonds. The Bertz CT molecular complexity index is 456. The topological polar surface area (TPSA) is 27.7 Å². The van der Waals surface area contributed by atoms with Crippen molar-refractivity contribution in [3.05, 3.63) is 12.1 Å². The molecule has 4 heteroatoms. The molecule has 0 bridgehead atoms. The first kappa shape index (κ1) is 18.9. The highest BCUT2D eigenvalue weighted by Crippen LogP contribution is 2.36. The van der Waals surface area contributed by atoms with Crippen LogP contribution in [0.5, 0.6) is 17.2 Å². The van der Waals surface area contributed by atoms with Crippen LogP contribution in [0, 0.1) is 17.8 Å². The summed E-state index contributed by atoms with van der Waals surface area (Å²) in [7, 11) is 3.61. The molecule has 3 radical (unpaired) electrons. The van der Waals surface area contributed by atoms with Crippen molar-refractivity contribution in [2.24, 2.45) is 17.8 Å². The highest BCUT2D eigenvalue weighted by Gasteiger charge is 2.17. The van der Waals surface area contributed by atoms with Gasteiger partial charge >= 0.3 is 0 Å². The Balaban J connectivity index is 3.05. The predicted octanol–water partition coefficient (Wildman–Crippen LogP) is 3.58. The molecule has 0 aliphatic rings. The molecule has 0 saturated heterocycles. The van der Waals surface area contributed by atoms with E-state index in [0.29, 0.717) is 43.3 Å². The number of ether oxygens (including phenoxy) is 3. The largest absolute Gasteiger partial charge is 0.489 e. The summed E-state index contributed by atoms with van der Waals surface area (Å²) in [6.07, 6.45) is 0. The van der Waals surface area contributed by atoms with Gasteiger partial charge in [0.1, 0.15) is 0 Å². The highest BCUT2D eigenvalue weighted by atomic mass is 28.1. The fourth-order valence-corrected chi connectivity index (χ4v) is 1.96. The summed E-state index contributed by atoms with van der Waals surface area (Å²) in [6.45, 7) is 14.7. The van der Waals surface area contributed by atoms with E-state index in [1.165, 1.54) is 0 Å². The van der Waals surface area contributed by atoms with Gasteiger partial charge in [0.25, 0.3) is 0 Å². The van der Waals surface area contributed by atoms with Gasteiger partial charge in [0.2, 0.25) is 5.75 Å². The maximum absolute atomic E-state index is 5.99. The number of benzene rings is 1. The van der Waals surface area contributed by atoms with Crippen molar-refractivity contribution in [3.63, 3.8) is 0 Å². The van der Waals surface area contributed by atoms with Crippen molar-refractivity contribution in [2.45, 2.75) is 41.5 Å². The molecule has 0 fully saturated rings. The first-order valence-corrected chi connectivity index (χ1v) is 8.58. The first-order chi connectivity index (χ1) is 10.3. The molecule has 1 rings (SSSR count). The van der Waals surface area contributed by atoms with E-state index in [1.807, 2.05) is 12.1 Å². The summed E-state index contributed by atoms with van der Waals surface area (Å²) in [5, 5.41) is 0.885. The monoisotopic (exact) mass is 321 g/mol. The van der Waals surface area contributed by atoms with Gasteiger partial charge in [-0.15, -0.1) is 0 Å². The van der Waals surface area contributed by atoms with E-state index in [1.54, 1.807) is 0 Å². The van der Waals surface area contributed by atoms with E-state index >= 15 is 0 Å². The van der Waals surface area contributed by atoms with Crippen LogP contribution in [0.1, 0.15) is 41.5 Å². The third-order valence-electron chi connectivity index (χ3n) is 2.77. The Morgan fingerprint density at radius 2 is 1.18 bits per heavy atom. The van der Waals surface area contributed by atoms with Gasteiger partial charge in [-0.25, -0.2) is 0 Å². The lowest BCUT2D eigenvalue weighted by atomic mass is 10.2. The zero-order chi connectivity index (χ0) is 16.7. The lowest BCUT2D eigenvalue weighted by molar-refractivity contribution is 0.208. The number of hydrogen-bond donors (Lipinski definition) is 0. The van der Waals surface area contributed by atoms with E-state index in [4.69, 9.17) is 14.2 Å².